The highest BCUT2D eigenvalue weighted by Crippen LogP contribution is 2.11. The summed E-state index contributed by atoms with van der Waals surface area (Å²) in [7, 11) is 0. The molecule has 0 spiro atoms. The zero-order valence-corrected chi connectivity index (χ0v) is 18.7. The van der Waals surface area contributed by atoms with Gasteiger partial charge in [-0.2, -0.15) is 0 Å². The lowest BCUT2D eigenvalue weighted by atomic mass is 10.2. The van der Waals surface area contributed by atoms with E-state index >= 15 is 0 Å². The number of rotatable bonds is 12. The summed E-state index contributed by atoms with van der Waals surface area (Å²) in [5, 5.41) is 6.55. The van der Waals surface area contributed by atoms with Crippen LogP contribution in [0.15, 0.2) is 35.3 Å². The van der Waals surface area contributed by atoms with Crippen molar-refractivity contribution in [1.82, 2.24) is 10.6 Å². The van der Waals surface area contributed by atoms with Crippen molar-refractivity contribution in [1.29, 1.82) is 0 Å². The zero-order chi connectivity index (χ0) is 18.3. The second kappa shape index (κ2) is 16.1. The monoisotopic (exact) mass is 491 g/mol. The molecule has 7 heteroatoms. The van der Waals surface area contributed by atoms with Gasteiger partial charge in [0.1, 0.15) is 0 Å². The van der Waals surface area contributed by atoms with Gasteiger partial charge in [-0.15, -0.1) is 24.0 Å². The predicted octanol–water partition coefficient (Wildman–Crippen LogP) is 2.96. The third-order valence-electron chi connectivity index (χ3n) is 4.04. The van der Waals surface area contributed by atoms with E-state index < -0.39 is 0 Å². The van der Waals surface area contributed by atoms with Gasteiger partial charge in [-0.3, -0.25) is 4.99 Å². The molecular formula is C20H34IN3O3. The average molecular weight is 491 g/mol. The summed E-state index contributed by atoms with van der Waals surface area (Å²) in [4.78, 5) is 4.57. The number of guanidine groups is 1. The molecule has 154 valence electrons. The molecule has 0 saturated carbocycles. The lowest BCUT2D eigenvalue weighted by Crippen LogP contribution is -2.39. The number of nitrogens with one attached hydrogen (secondary N) is 2. The van der Waals surface area contributed by atoms with Crippen molar-refractivity contribution >= 4 is 29.9 Å². The number of ether oxygens (including phenoxy) is 3. The van der Waals surface area contributed by atoms with Crippen LogP contribution in [-0.2, 0) is 20.8 Å². The molecule has 1 atom stereocenters. The van der Waals surface area contributed by atoms with Gasteiger partial charge < -0.3 is 24.8 Å². The Bertz CT molecular complexity index is 497. The topological polar surface area (TPSA) is 64.1 Å². The van der Waals surface area contributed by atoms with Gasteiger partial charge in [0.15, 0.2) is 5.96 Å². The lowest BCUT2D eigenvalue weighted by Gasteiger charge is -2.12. The molecule has 0 aliphatic carbocycles. The molecule has 1 aliphatic heterocycles. The molecule has 1 aromatic rings. The van der Waals surface area contributed by atoms with Crippen LogP contribution in [0.1, 0.15) is 31.7 Å². The second-order valence-corrected chi connectivity index (χ2v) is 6.29. The largest absolute Gasteiger partial charge is 0.379 e. The van der Waals surface area contributed by atoms with Gasteiger partial charge >= 0.3 is 0 Å². The number of hydrogen-bond donors (Lipinski definition) is 2. The second-order valence-electron chi connectivity index (χ2n) is 6.29. The van der Waals surface area contributed by atoms with Crippen LogP contribution in [0.4, 0.5) is 0 Å². The minimum atomic E-state index is 0. The van der Waals surface area contributed by atoms with Crippen LogP contribution in [0.2, 0.25) is 0 Å². The summed E-state index contributed by atoms with van der Waals surface area (Å²) in [5.74, 6) is 0.829. The number of nitrogens with zero attached hydrogens (tertiary/aromatic N) is 1. The van der Waals surface area contributed by atoms with E-state index in [1.165, 1.54) is 5.56 Å². The van der Waals surface area contributed by atoms with E-state index in [1.54, 1.807) is 0 Å². The molecule has 1 fully saturated rings. The highest BCUT2D eigenvalue weighted by molar-refractivity contribution is 14.0. The van der Waals surface area contributed by atoms with Crippen molar-refractivity contribution < 1.29 is 14.2 Å². The van der Waals surface area contributed by atoms with E-state index in [9.17, 15) is 0 Å². The van der Waals surface area contributed by atoms with E-state index in [0.717, 1.165) is 58.1 Å². The summed E-state index contributed by atoms with van der Waals surface area (Å²) >= 11 is 0. The fourth-order valence-corrected chi connectivity index (χ4v) is 2.70. The minimum absolute atomic E-state index is 0. The Balaban J connectivity index is 0.00000364. The molecule has 1 saturated heterocycles. The summed E-state index contributed by atoms with van der Waals surface area (Å²) in [5.41, 5.74) is 1.19. The van der Waals surface area contributed by atoms with Gasteiger partial charge in [0, 0.05) is 32.8 Å². The molecule has 27 heavy (non-hydrogen) atoms. The van der Waals surface area contributed by atoms with Gasteiger partial charge in [0.05, 0.1) is 25.9 Å². The Morgan fingerprint density at radius 2 is 2.04 bits per heavy atom. The normalized spacial score (nSPS) is 16.8. The Kier molecular flexibility index (Phi) is 14.4. The Labute approximate surface area is 180 Å². The maximum atomic E-state index is 5.68. The van der Waals surface area contributed by atoms with E-state index in [2.05, 4.69) is 34.7 Å². The SMILES string of the molecule is CCNC(=NCCCOCC1CCCO1)NCCOCc1ccccc1.I. The van der Waals surface area contributed by atoms with Crippen molar-refractivity contribution in [3.63, 3.8) is 0 Å². The zero-order valence-electron chi connectivity index (χ0n) is 16.3. The third kappa shape index (κ3) is 11.5. The maximum Gasteiger partial charge on any atom is 0.191 e. The van der Waals surface area contributed by atoms with Crippen LogP contribution in [0.3, 0.4) is 0 Å². The quantitative estimate of drug-likeness (QED) is 0.204. The average Bonchev–Trinajstić information content (AvgIpc) is 3.18. The standard InChI is InChI=1S/C20H33N3O3.HI/c1-2-21-20(22-11-7-13-24-17-19-10-6-14-26-19)23-12-15-25-16-18-8-4-3-5-9-18;/h3-5,8-9,19H,2,6-7,10-17H2,1H3,(H2,21,22,23);1H. The van der Waals surface area contributed by atoms with Crippen LogP contribution in [0, 0.1) is 0 Å². The van der Waals surface area contributed by atoms with Crippen molar-refractivity contribution in [2.75, 3.05) is 46.1 Å². The number of hydrogen-bond acceptors (Lipinski definition) is 4. The maximum absolute atomic E-state index is 5.68. The molecule has 1 aliphatic rings. The molecule has 1 aromatic carbocycles. The predicted molar refractivity (Wildman–Crippen MR) is 120 cm³/mol. The third-order valence-corrected chi connectivity index (χ3v) is 4.04. The number of aliphatic imine (C=N–C) groups is 1. The number of halogens is 1. The Hall–Kier alpha value is -0.900. The molecule has 2 rings (SSSR count). The Morgan fingerprint density at radius 3 is 2.78 bits per heavy atom. The fourth-order valence-electron chi connectivity index (χ4n) is 2.70. The molecule has 0 radical (unpaired) electrons. The summed E-state index contributed by atoms with van der Waals surface area (Å²) in [6.45, 7) is 7.97. The first-order valence-electron chi connectivity index (χ1n) is 9.71. The van der Waals surface area contributed by atoms with Gasteiger partial charge in [-0.25, -0.2) is 0 Å². The van der Waals surface area contributed by atoms with Crippen molar-refractivity contribution in [3.8, 4) is 0 Å². The van der Waals surface area contributed by atoms with Crippen molar-refractivity contribution in [2.45, 2.75) is 38.9 Å². The molecule has 1 heterocycles. The smallest absolute Gasteiger partial charge is 0.191 e. The van der Waals surface area contributed by atoms with Crippen LogP contribution >= 0.6 is 24.0 Å². The van der Waals surface area contributed by atoms with Crippen LogP contribution in [-0.4, -0.2) is 58.1 Å². The van der Waals surface area contributed by atoms with Gasteiger partial charge in [0.2, 0.25) is 0 Å². The van der Waals surface area contributed by atoms with Crippen molar-refractivity contribution in [2.24, 2.45) is 4.99 Å². The molecule has 1 unspecified atom stereocenters. The van der Waals surface area contributed by atoms with E-state index in [0.29, 0.717) is 25.9 Å². The molecule has 6 nitrogen and oxygen atoms in total. The molecular weight excluding hydrogens is 457 g/mol. The van der Waals surface area contributed by atoms with Crippen molar-refractivity contribution in [3.05, 3.63) is 35.9 Å². The molecule has 0 bridgehead atoms. The van der Waals surface area contributed by atoms with Crippen LogP contribution in [0.5, 0.6) is 0 Å². The van der Waals surface area contributed by atoms with E-state index in [-0.39, 0.29) is 24.0 Å². The first kappa shape index (κ1) is 24.1. The highest BCUT2D eigenvalue weighted by Gasteiger charge is 2.14. The first-order chi connectivity index (χ1) is 12.9. The van der Waals surface area contributed by atoms with E-state index in [1.807, 2.05) is 18.2 Å². The summed E-state index contributed by atoms with van der Waals surface area (Å²) in [6, 6.07) is 10.2. The van der Waals surface area contributed by atoms with E-state index in [4.69, 9.17) is 14.2 Å². The van der Waals surface area contributed by atoms with Crippen LogP contribution in [0.25, 0.3) is 0 Å². The Morgan fingerprint density at radius 1 is 1.19 bits per heavy atom. The fraction of sp³-hybridized carbons (Fsp3) is 0.650. The number of benzene rings is 1. The molecule has 2 N–H and O–H groups in total. The molecule has 0 amide bonds. The first-order valence-corrected chi connectivity index (χ1v) is 9.71. The minimum Gasteiger partial charge on any atom is -0.379 e. The van der Waals surface area contributed by atoms with Gasteiger partial charge in [-0.05, 0) is 31.7 Å². The van der Waals surface area contributed by atoms with Crippen LogP contribution < -0.4 is 10.6 Å². The van der Waals surface area contributed by atoms with Gasteiger partial charge in [0.25, 0.3) is 0 Å². The van der Waals surface area contributed by atoms with Gasteiger partial charge in [-0.1, -0.05) is 30.3 Å². The molecule has 0 aromatic heterocycles. The lowest BCUT2D eigenvalue weighted by molar-refractivity contribution is 0.0171. The highest BCUT2D eigenvalue weighted by atomic mass is 127. The summed E-state index contributed by atoms with van der Waals surface area (Å²) < 4.78 is 16.9. The summed E-state index contributed by atoms with van der Waals surface area (Å²) in [6.07, 6.45) is 3.49.